The first-order valence-electron chi connectivity index (χ1n) is 6.12. The van der Waals surface area contributed by atoms with Gasteiger partial charge >= 0.3 is 6.18 Å². The van der Waals surface area contributed by atoms with Crippen LogP contribution in [-0.4, -0.2) is 0 Å². The Morgan fingerprint density at radius 1 is 1.10 bits per heavy atom. The molecule has 0 saturated heterocycles. The van der Waals surface area contributed by atoms with Gasteiger partial charge in [0.05, 0.1) is 5.56 Å². The van der Waals surface area contributed by atoms with E-state index in [9.17, 15) is 17.6 Å². The summed E-state index contributed by atoms with van der Waals surface area (Å²) in [5, 5.41) is 0. The summed E-state index contributed by atoms with van der Waals surface area (Å²) in [6.45, 7) is 1.68. The minimum atomic E-state index is -4.38. The average Bonchev–Trinajstić information content (AvgIpc) is 2.41. The third kappa shape index (κ3) is 3.65. The number of benzene rings is 2. The van der Waals surface area contributed by atoms with E-state index in [0.717, 1.165) is 18.2 Å². The second-order valence-electron chi connectivity index (χ2n) is 4.62. The number of rotatable bonds is 3. The lowest BCUT2D eigenvalue weighted by Gasteiger charge is -2.11. The van der Waals surface area contributed by atoms with Gasteiger partial charge in [-0.15, -0.1) is 0 Å². The van der Waals surface area contributed by atoms with Gasteiger partial charge in [0, 0.05) is 11.8 Å². The highest BCUT2D eigenvalue weighted by Crippen LogP contribution is 2.29. The molecule has 0 unspecified atom stereocenters. The fourth-order valence-corrected chi connectivity index (χ4v) is 1.73. The van der Waals surface area contributed by atoms with Crippen molar-refractivity contribution in [2.75, 3.05) is 5.73 Å². The van der Waals surface area contributed by atoms with E-state index in [1.165, 1.54) is 18.2 Å². The molecule has 2 rings (SSSR count). The summed E-state index contributed by atoms with van der Waals surface area (Å²) in [6, 6.07) is 7.12. The van der Waals surface area contributed by atoms with Crippen molar-refractivity contribution in [3.63, 3.8) is 0 Å². The van der Waals surface area contributed by atoms with Crippen molar-refractivity contribution in [3.05, 3.63) is 58.9 Å². The van der Waals surface area contributed by atoms with Crippen molar-refractivity contribution >= 4 is 5.69 Å². The molecule has 0 fully saturated rings. The maximum absolute atomic E-state index is 13.6. The van der Waals surface area contributed by atoms with Gasteiger partial charge in [-0.2, -0.15) is 13.2 Å². The summed E-state index contributed by atoms with van der Waals surface area (Å²) in [5.41, 5.74) is 6.31. The van der Waals surface area contributed by atoms with Gasteiger partial charge in [-0.3, -0.25) is 0 Å². The number of nitrogen functional groups attached to an aromatic ring is 1. The summed E-state index contributed by atoms with van der Waals surface area (Å²) >= 11 is 0. The van der Waals surface area contributed by atoms with Crippen molar-refractivity contribution < 1.29 is 22.3 Å². The zero-order valence-electron chi connectivity index (χ0n) is 11.2. The SMILES string of the molecule is Cc1cc(OCc2ccc(C(F)(F)F)cc2)c(F)cc1N. The van der Waals surface area contributed by atoms with Crippen molar-refractivity contribution in [1.29, 1.82) is 0 Å². The van der Waals surface area contributed by atoms with E-state index in [2.05, 4.69) is 0 Å². The van der Waals surface area contributed by atoms with E-state index >= 15 is 0 Å². The molecule has 6 heteroatoms. The van der Waals surface area contributed by atoms with Gasteiger partial charge in [0.2, 0.25) is 0 Å². The Hall–Kier alpha value is -2.24. The highest BCUT2D eigenvalue weighted by molar-refractivity contribution is 5.50. The van der Waals surface area contributed by atoms with Crippen molar-refractivity contribution in [2.24, 2.45) is 0 Å². The maximum Gasteiger partial charge on any atom is 0.416 e. The summed E-state index contributed by atoms with van der Waals surface area (Å²) in [4.78, 5) is 0. The second kappa shape index (κ2) is 5.63. The third-order valence-corrected chi connectivity index (χ3v) is 3.00. The van der Waals surface area contributed by atoms with Crippen molar-refractivity contribution in [3.8, 4) is 5.75 Å². The van der Waals surface area contributed by atoms with Gasteiger partial charge in [-0.05, 0) is 36.2 Å². The topological polar surface area (TPSA) is 35.2 Å². The van der Waals surface area contributed by atoms with Crippen molar-refractivity contribution in [2.45, 2.75) is 19.7 Å². The molecule has 0 spiro atoms. The molecular formula is C15H13F4NO. The summed E-state index contributed by atoms with van der Waals surface area (Å²) in [7, 11) is 0. The molecule has 21 heavy (non-hydrogen) atoms. The number of ether oxygens (including phenoxy) is 1. The zero-order chi connectivity index (χ0) is 15.6. The van der Waals surface area contributed by atoms with Gasteiger partial charge in [0.25, 0.3) is 0 Å². The molecule has 0 amide bonds. The van der Waals surface area contributed by atoms with E-state index in [1.807, 2.05) is 0 Å². The highest BCUT2D eigenvalue weighted by Gasteiger charge is 2.29. The molecule has 0 aliphatic rings. The van der Waals surface area contributed by atoms with Crippen LogP contribution in [0.5, 0.6) is 5.75 Å². The van der Waals surface area contributed by atoms with Crippen LogP contribution >= 0.6 is 0 Å². The van der Waals surface area contributed by atoms with Crippen LogP contribution in [0, 0.1) is 12.7 Å². The van der Waals surface area contributed by atoms with E-state index in [4.69, 9.17) is 10.5 Å². The van der Waals surface area contributed by atoms with E-state index in [1.54, 1.807) is 6.92 Å². The third-order valence-electron chi connectivity index (χ3n) is 3.00. The molecule has 112 valence electrons. The van der Waals surface area contributed by atoms with Crippen LogP contribution in [0.1, 0.15) is 16.7 Å². The Balaban J connectivity index is 2.08. The summed E-state index contributed by atoms with van der Waals surface area (Å²) < 4.78 is 56.1. The number of hydrogen-bond acceptors (Lipinski definition) is 2. The molecule has 2 aromatic rings. The molecular weight excluding hydrogens is 286 g/mol. The van der Waals surface area contributed by atoms with Gasteiger partial charge in [0.15, 0.2) is 11.6 Å². The molecule has 2 aromatic carbocycles. The Morgan fingerprint density at radius 2 is 1.71 bits per heavy atom. The van der Waals surface area contributed by atoms with Gasteiger partial charge < -0.3 is 10.5 Å². The summed E-state index contributed by atoms with van der Waals surface area (Å²) in [5.74, 6) is -0.591. The van der Waals surface area contributed by atoms with Gasteiger partial charge in [-0.1, -0.05) is 12.1 Å². The highest BCUT2D eigenvalue weighted by atomic mass is 19.4. The normalized spacial score (nSPS) is 11.5. The molecule has 0 aliphatic heterocycles. The van der Waals surface area contributed by atoms with Crippen LogP contribution in [0.15, 0.2) is 36.4 Å². The first-order chi connectivity index (χ1) is 9.77. The predicted octanol–water partition coefficient (Wildman–Crippen LogP) is 4.31. The largest absolute Gasteiger partial charge is 0.486 e. The number of hydrogen-bond donors (Lipinski definition) is 1. The quantitative estimate of drug-likeness (QED) is 0.677. The molecule has 0 saturated carbocycles. The molecule has 2 nitrogen and oxygen atoms in total. The fraction of sp³-hybridized carbons (Fsp3) is 0.200. The minimum Gasteiger partial charge on any atom is -0.486 e. The smallest absolute Gasteiger partial charge is 0.416 e. The maximum atomic E-state index is 13.6. The number of anilines is 1. The van der Waals surface area contributed by atoms with Crippen LogP contribution in [0.2, 0.25) is 0 Å². The number of alkyl halides is 3. The van der Waals surface area contributed by atoms with Crippen LogP contribution in [0.3, 0.4) is 0 Å². The van der Waals surface area contributed by atoms with E-state index < -0.39 is 17.6 Å². The molecule has 0 radical (unpaired) electrons. The van der Waals surface area contributed by atoms with Crippen LogP contribution < -0.4 is 10.5 Å². The standard InChI is InChI=1S/C15H13F4NO/c1-9-6-14(12(16)7-13(9)20)21-8-10-2-4-11(5-3-10)15(17,18)19/h2-7H,8,20H2,1H3. The zero-order valence-corrected chi connectivity index (χ0v) is 11.2. The van der Waals surface area contributed by atoms with Crippen LogP contribution in [0.25, 0.3) is 0 Å². The lowest BCUT2D eigenvalue weighted by atomic mass is 10.1. The van der Waals surface area contributed by atoms with Crippen LogP contribution in [0.4, 0.5) is 23.2 Å². The number of nitrogens with two attached hydrogens (primary N) is 1. The fourth-order valence-electron chi connectivity index (χ4n) is 1.73. The monoisotopic (exact) mass is 299 g/mol. The van der Waals surface area contributed by atoms with Gasteiger partial charge in [0.1, 0.15) is 6.61 Å². The molecule has 2 N–H and O–H groups in total. The first-order valence-corrected chi connectivity index (χ1v) is 6.12. The van der Waals surface area contributed by atoms with Crippen molar-refractivity contribution in [1.82, 2.24) is 0 Å². The Morgan fingerprint density at radius 3 is 2.29 bits per heavy atom. The average molecular weight is 299 g/mol. The number of halogens is 4. The minimum absolute atomic E-state index is 0.0154. The molecule has 0 atom stereocenters. The number of aryl methyl sites for hydroxylation is 1. The molecule has 0 aromatic heterocycles. The summed E-state index contributed by atoms with van der Waals surface area (Å²) in [6.07, 6.45) is -4.38. The van der Waals surface area contributed by atoms with E-state index in [-0.39, 0.29) is 12.4 Å². The van der Waals surface area contributed by atoms with Gasteiger partial charge in [-0.25, -0.2) is 4.39 Å². The Kier molecular flexibility index (Phi) is 4.06. The lowest BCUT2D eigenvalue weighted by molar-refractivity contribution is -0.137. The van der Waals surface area contributed by atoms with Crippen LogP contribution in [-0.2, 0) is 12.8 Å². The second-order valence-corrected chi connectivity index (χ2v) is 4.62. The molecule has 0 heterocycles. The Bertz CT molecular complexity index is 635. The molecule has 0 aliphatic carbocycles. The Labute approximate surface area is 119 Å². The lowest BCUT2D eigenvalue weighted by Crippen LogP contribution is -2.05. The first kappa shape index (κ1) is 15.2. The van der Waals surface area contributed by atoms with E-state index in [0.29, 0.717) is 16.8 Å². The predicted molar refractivity (Wildman–Crippen MR) is 71.3 cm³/mol. The molecule has 0 bridgehead atoms.